The molecule has 1 atom stereocenters. The molecule has 116 valence electrons. The molecule has 2 amide bonds. The second-order valence-electron chi connectivity index (χ2n) is 5.35. The number of carboxylic acid groups (broad SMARTS) is 1. The summed E-state index contributed by atoms with van der Waals surface area (Å²) in [5, 5.41) is 13.3. The molecule has 1 aromatic rings. The molecule has 0 aromatic carbocycles. The number of likely N-dealkylation sites (tertiary alicyclic amines) is 1. The number of hydrogen-bond acceptors (Lipinski definition) is 4. The lowest BCUT2D eigenvalue weighted by atomic mass is 9.91. The molecule has 1 saturated heterocycles. The van der Waals surface area contributed by atoms with Crippen LogP contribution in [0.25, 0.3) is 0 Å². The number of carbonyl (C=O) groups excluding carboxylic acids is 1. The van der Waals surface area contributed by atoms with Crippen LogP contribution in [0.2, 0.25) is 0 Å². The van der Waals surface area contributed by atoms with E-state index in [4.69, 9.17) is 0 Å². The Hall–Kier alpha value is -1.63. The van der Waals surface area contributed by atoms with Crippen LogP contribution in [0.5, 0.6) is 0 Å². The monoisotopic (exact) mass is 311 g/mol. The van der Waals surface area contributed by atoms with Gasteiger partial charge in [0.15, 0.2) is 0 Å². The lowest BCUT2D eigenvalue weighted by Crippen LogP contribution is -2.55. The van der Waals surface area contributed by atoms with E-state index in [2.05, 4.69) is 10.3 Å². The molecular weight excluding hydrogens is 290 g/mol. The SMILES string of the molecule is CCCC1(C(=O)O)CCCN1C(=O)NCc1cnc(C)s1. The van der Waals surface area contributed by atoms with E-state index >= 15 is 0 Å². The average molecular weight is 311 g/mol. The van der Waals surface area contributed by atoms with Crippen molar-refractivity contribution in [3.05, 3.63) is 16.1 Å². The van der Waals surface area contributed by atoms with Crippen LogP contribution in [0.15, 0.2) is 6.20 Å². The molecule has 7 heteroatoms. The number of carbonyl (C=O) groups is 2. The maximum atomic E-state index is 12.4. The second-order valence-corrected chi connectivity index (χ2v) is 6.67. The minimum absolute atomic E-state index is 0.297. The summed E-state index contributed by atoms with van der Waals surface area (Å²) in [7, 11) is 0. The van der Waals surface area contributed by atoms with Gasteiger partial charge in [-0.15, -0.1) is 11.3 Å². The predicted molar refractivity (Wildman–Crippen MR) is 80.3 cm³/mol. The maximum absolute atomic E-state index is 12.4. The van der Waals surface area contributed by atoms with Crippen molar-refractivity contribution < 1.29 is 14.7 Å². The first-order valence-electron chi connectivity index (χ1n) is 7.20. The van der Waals surface area contributed by atoms with E-state index in [-0.39, 0.29) is 6.03 Å². The Bertz CT molecular complexity index is 531. The molecule has 1 aliphatic rings. The number of carboxylic acids is 1. The zero-order valence-electron chi connectivity index (χ0n) is 12.4. The Labute approximate surface area is 128 Å². The van der Waals surface area contributed by atoms with Crippen LogP contribution >= 0.6 is 11.3 Å². The van der Waals surface area contributed by atoms with Crippen LogP contribution in [0.3, 0.4) is 0 Å². The molecule has 0 saturated carbocycles. The van der Waals surface area contributed by atoms with Crippen LogP contribution in [0.4, 0.5) is 4.79 Å². The zero-order valence-corrected chi connectivity index (χ0v) is 13.2. The first-order valence-corrected chi connectivity index (χ1v) is 8.01. The zero-order chi connectivity index (χ0) is 15.5. The number of aliphatic carboxylic acids is 1. The molecule has 1 unspecified atom stereocenters. The fourth-order valence-electron chi connectivity index (χ4n) is 2.92. The fraction of sp³-hybridized carbons (Fsp3) is 0.643. The number of amides is 2. The van der Waals surface area contributed by atoms with Gasteiger partial charge in [0.1, 0.15) is 5.54 Å². The quantitative estimate of drug-likeness (QED) is 0.874. The van der Waals surface area contributed by atoms with Gasteiger partial charge >= 0.3 is 12.0 Å². The van der Waals surface area contributed by atoms with Crippen LogP contribution in [-0.4, -0.2) is 39.1 Å². The molecule has 1 aliphatic heterocycles. The van der Waals surface area contributed by atoms with E-state index in [0.29, 0.717) is 25.9 Å². The normalized spacial score (nSPS) is 21.5. The number of thiazole rings is 1. The number of urea groups is 1. The summed E-state index contributed by atoms with van der Waals surface area (Å²) < 4.78 is 0. The number of aryl methyl sites for hydroxylation is 1. The minimum atomic E-state index is -1.04. The molecule has 0 spiro atoms. The second kappa shape index (κ2) is 6.43. The van der Waals surface area contributed by atoms with Crippen molar-refractivity contribution in [1.82, 2.24) is 15.2 Å². The van der Waals surface area contributed by atoms with Gasteiger partial charge in [-0.1, -0.05) is 13.3 Å². The summed E-state index contributed by atoms with van der Waals surface area (Å²) in [4.78, 5) is 30.6. The third-order valence-corrected chi connectivity index (χ3v) is 4.79. The first-order chi connectivity index (χ1) is 9.99. The van der Waals surface area contributed by atoms with Gasteiger partial charge in [-0.05, 0) is 26.2 Å². The molecule has 1 aromatic heterocycles. The van der Waals surface area contributed by atoms with Gasteiger partial charge in [0.05, 0.1) is 11.6 Å². The molecule has 0 bridgehead atoms. The molecule has 2 N–H and O–H groups in total. The van der Waals surface area contributed by atoms with Crippen molar-refractivity contribution in [2.75, 3.05) is 6.54 Å². The highest BCUT2D eigenvalue weighted by atomic mass is 32.1. The molecule has 0 aliphatic carbocycles. The maximum Gasteiger partial charge on any atom is 0.329 e. The van der Waals surface area contributed by atoms with Crippen molar-refractivity contribution in [2.24, 2.45) is 0 Å². The fourth-order valence-corrected chi connectivity index (χ4v) is 3.66. The van der Waals surface area contributed by atoms with Gasteiger partial charge in [0, 0.05) is 17.6 Å². The van der Waals surface area contributed by atoms with Crippen LogP contribution in [0.1, 0.15) is 42.5 Å². The summed E-state index contributed by atoms with van der Waals surface area (Å²) in [6.45, 7) is 4.74. The first kappa shape index (κ1) is 15.8. The Balaban J connectivity index is 2.04. The van der Waals surface area contributed by atoms with Gasteiger partial charge < -0.3 is 15.3 Å². The van der Waals surface area contributed by atoms with Crippen molar-refractivity contribution in [2.45, 2.75) is 51.6 Å². The smallest absolute Gasteiger partial charge is 0.329 e. The van der Waals surface area contributed by atoms with Gasteiger partial charge in [-0.3, -0.25) is 0 Å². The summed E-state index contributed by atoms with van der Waals surface area (Å²) in [6.07, 6.45) is 4.24. The van der Waals surface area contributed by atoms with Crippen molar-refractivity contribution >= 4 is 23.3 Å². The molecule has 2 rings (SSSR count). The highest BCUT2D eigenvalue weighted by molar-refractivity contribution is 7.11. The molecule has 0 radical (unpaired) electrons. The lowest BCUT2D eigenvalue weighted by Gasteiger charge is -2.34. The summed E-state index contributed by atoms with van der Waals surface area (Å²) in [5.41, 5.74) is -1.04. The number of rotatable bonds is 5. The van der Waals surface area contributed by atoms with Gasteiger partial charge in [-0.25, -0.2) is 14.6 Å². The summed E-state index contributed by atoms with van der Waals surface area (Å²) in [5.74, 6) is -0.898. The van der Waals surface area contributed by atoms with E-state index in [1.807, 2.05) is 13.8 Å². The number of aromatic nitrogens is 1. The largest absolute Gasteiger partial charge is 0.479 e. The highest BCUT2D eigenvalue weighted by Crippen LogP contribution is 2.34. The molecule has 21 heavy (non-hydrogen) atoms. The van der Waals surface area contributed by atoms with Gasteiger partial charge in [-0.2, -0.15) is 0 Å². The Morgan fingerprint density at radius 3 is 2.90 bits per heavy atom. The van der Waals surface area contributed by atoms with Crippen LogP contribution < -0.4 is 5.32 Å². The average Bonchev–Trinajstić information content (AvgIpc) is 3.04. The Morgan fingerprint density at radius 2 is 2.33 bits per heavy atom. The van der Waals surface area contributed by atoms with E-state index in [9.17, 15) is 14.7 Å². The molecule has 6 nitrogen and oxygen atoms in total. The minimum Gasteiger partial charge on any atom is -0.479 e. The number of nitrogens with zero attached hydrogens (tertiary/aromatic N) is 2. The Morgan fingerprint density at radius 1 is 1.57 bits per heavy atom. The number of hydrogen-bond donors (Lipinski definition) is 2. The van der Waals surface area contributed by atoms with Crippen LogP contribution in [-0.2, 0) is 11.3 Å². The Kier molecular flexibility index (Phi) is 4.82. The van der Waals surface area contributed by atoms with E-state index in [1.54, 1.807) is 6.20 Å². The van der Waals surface area contributed by atoms with Crippen molar-refractivity contribution in [3.63, 3.8) is 0 Å². The van der Waals surface area contributed by atoms with Gasteiger partial charge in [0.2, 0.25) is 0 Å². The predicted octanol–water partition coefficient (Wildman–Crippen LogP) is 2.38. The van der Waals surface area contributed by atoms with E-state index in [1.165, 1.54) is 16.2 Å². The lowest BCUT2D eigenvalue weighted by molar-refractivity contribution is -0.148. The molecule has 1 fully saturated rings. The standard InChI is InChI=1S/C14H21N3O3S/c1-3-5-14(12(18)19)6-4-7-17(14)13(20)16-9-11-8-15-10(2)21-11/h8H,3-7,9H2,1-2H3,(H,16,20)(H,18,19). The molecule has 2 heterocycles. The van der Waals surface area contributed by atoms with Gasteiger partial charge in [0.25, 0.3) is 0 Å². The van der Waals surface area contributed by atoms with Crippen LogP contribution in [0, 0.1) is 6.92 Å². The van der Waals surface area contributed by atoms with E-state index < -0.39 is 11.5 Å². The van der Waals surface area contributed by atoms with Crippen molar-refractivity contribution in [3.8, 4) is 0 Å². The van der Waals surface area contributed by atoms with Crippen molar-refractivity contribution in [1.29, 1.82) is 0 Å². The molecular formula is C14H21N3O3S. The summed E-state index contributed by atoms with van der Waals surface area (Å²) >= 11 is 1.53. The number of nitrogens with one attached hydrogen (secondary N) is 1. The third kappa shape index (κ3) is 3.18. The topological polar surface area (TPSA) is 82.5 Å². The third-order valence-electron chi connectivity index (χ3n) is 3.88. The summed E-state index contributed by atoms with van der Waals surface area (Å²) in [6, 6.07) is -0.297. The van der Waals surface area contributed by atoms with E-state index in [0.717, 1.165) is 22.7 Å². The highest BCUT2D eigenvalue weighted by Gasteiger charge is 2.49.